The van der Waals surface area contributed by atoms with Crippen LogP contribution in [0.2, 0.25) is 0 Å². The number of aliphatic hydroxyl groups is 1. The lowest BCUT2D eigenvalue weighted by atomic mass is 10.1. The zero-order valence-electron chi connectivity index (χ0n) is 9.63. The molecule has 0 saturated carbocycles. The normalized spacial score (nSPS) is 13.5. The van der Waals surface area contributed by atoms with Crippen LogP contribution in [0.5, 0.6) is 0 Å². The Balaban J connectivity index is 4.18. The minimum atomic E-state index is -3.37. The van der Waals surface area contributed by atoms with Gasteiger partial charge in [0.1, 0.15) is 17.7 Å². The van der Waals surface area contributed by atoms with Gasteiger partial charge in [0.25, 0.3) is 0 Å². The van der Waals surface area contributed by atoms with E-state index in [0.717, 1.165) is 0 Å². The van der Waals surface area contributed by atoms with E-state index >= 15 is 0 Å². The Labute approximate surface area is 94.5 Å². The van der Waals surface area contributed by atoms with E-state index in [2.05, 4.69) is 9.05 Å². The molecule has 0 fully saturated rings. The molecule has 0 rings (SSSR count). The van der Waals surface area contributed by atoms with Gasteiger partial charge in [-0.15, -0.1) is 0 Å². The molecule has 0 aromatic rings. The highest BCUT2D eigenvalue weighted by molar-refractivity contribution is 7.54. The molecule has 0 aliphatic heterocycles. The van der Waals surface area contributed by atoms with Gasteiger partial charge in [0.2, 0.25) is 0 Å². The molecule has 16 heavy (non-hydrogen) atoms. The topological polar surface area (TPSA) is 89.9 Å². The first-order valence-electron chi connectivity index (χ1n) is 4.72. The Bertz CT molecular complexity index is 292. The molecule has 0 amide bonds. The van der Waals surface area contributed by atoms with E-state index < -0.39 is 25.6 Å². The molecule has 0 aliphatic carbocycles. The maximum Gasteiger partial charge on any atom is 0.337 e. The molecule has 0 aromatic heterocycles. The molecule has 0 unspecified atom stereocenters. The molecular weight excluding hydrogens is 235 g/mol. The van der Waals surface area contributed by atoms with Gasteiger partial charge in [-0.25, -0.2) is 0 Å². The van der Waals surface area contributed by atoms with Crippen molar-refractivity contribution in [3.63, 3.8) is 0 Å². The molecule has 0 aromatic carbocycles. The van der Waals surface area contributed by atoms with Crippen LogP contribution < -0.4 is 0 Å². The van der Waals surface area contributed by atoms with E-state index in [-0.39, 0.29) is 18.6 Å². The van der Waals surface area contributed by atoms with Crippen LogP contribution in [-0.2, 0) is 23.2 Å². The molecule has 0 heterocycles. The number of Topliss-reactive ketones (excluding diaryl/α,β-unsaturated/α-hetero) is 2. The van der Waals surface area contributed by atoms with Crippen LogP contribution in [0.25, 0.3) is 0 Å². The quantitative estimate of drug-likeness (QED) is 0.642. The standard InChI is InChI=1S/C9H17O6P/c1-7(10)4-8(11)5-9(12)6-16(13,14-2)15-3/h8,11H,4-6H2,1-3H3/t8-/m0/s1. The Morgan fingerprint density at radius 1 is 1.25 bits per heavy atom. The predicted octanol–water partition coefficient (Wildman–Crippen LogP) is 0.771. The fourth-order valence-electron chi connectivity index (χ4n) is 1.15. The highest BCUT2D eigenvalue weighted by Crippen LogP contribution is 2.46. The summed E-state index contributed by atoms with van der Waals surface area (Å²) in [6.07, 6.45) is -1.74. The largest absolute Gasteiger partial charge is 0.392 e. The summed E-state index contributed by atoms with van der Waals surface area (Å²) in [5, 5.41) is 9.32. The lowest BCUT2D eigenvalue weighted by Crippen LogP contribution is -2.19. The second-order valence-corrected chi connectivity index (χ2v) is 5.71. The van der Waals surface area contributed by atoms with E-state index in [9.17, 15) is 19.3 Å². The molecule has 0 bridgehead atoms. The summed E-state index contributed by atoms with van der Waals surface area (Å²) < 4.78 is 20.7. The minimum Gasteiger partial charge on any atom is -0.392 e. The number of carbonyl (C=O) groups is 2. The van der Waals surface area contributed by atoms with E-state index in [0.29, 0.717) is 0 Å². The highest BCUT2D eigenvalue weighted by atomic mass is 31.2. The van der Waals surface area contributed by atoms with Crippen LogP contribution in [0.4, 0.5) is 0 Å². The molecule has 0 spiro atoms. The van der Waals surface area contributed by atoms with Crippen molar-refractivity contribution >= 4 is 19.2 Å². The number of hydrogen-bond acceptors (Lipinski definition) is 6. The molecule has 0 aliphatic rings. The highest BCUT2D eigenvalue weighted by Gasteiger charge is 2.26. The van der Waals surface area contributed by atoms with Crippen molar-refractivity contribution in [3.05, 3.63) is 0 Å². The van der Waals surface area contributed by atoms with E-state index in [4.69, 9.17) is 0 Å². The third-order valence-corrected chi connectivity index (χ3v) is 3.77. The van der Waals surface area contributed by atoms with Crippen LogP contribution in [0.1, 0.15) is 19.8 Å². The number of hydrogen-bond donors (Lipinski definition) is 1. The first kappa shape index (κ1) is 15.4. The van der Waals surface area contributed by atoms with Crippen LogP contribution in [0.3, 0.4) is 0 Å². The van der Waals surface area contributed by atoms with Gasteiger partial charge >= 0.3 is 7.60 Å². The monoisotopic (exact) mass is 252 g/mol. The Morgan fingerprint density at radius 2 is 1.75 bits per heavy atom. The van der Waals surface area contributed by atoms with E-state index in [1.54, 1.807) is 0 Å². The molecule has 1 atom stereocenters. The van der Waals surface area contributed by atoms with Gasteiger partial charge in [-0.3, -0.25) is 14.2 Å². The molecule has 1 N–H and O–H groups in total. The van der Waals surface area contributed by atoms with Crippen molar-refractivity contribution in [3.8, 4) is 0 Å². The minimum absolute atomic E-state index is 0.0873. The van der Waals surface area contributed by atoms with Gasteiger partial charge in [0.05, 0.1) is 6.10 Å². The van der Waals surface area contributed by atoms with Gasteiger partial charge in [0.15, 0.2) is 0 Å². The van der Waals surface area contributed by atoms with Crippen molar-refractivity contribution in [2.45, 2.75) is 25.9 Å². The zero-order valence-corrected chi connectivity index (χ0v) is 10.5. The number of ketones is 2. The predicted molar refractivity (Wildman–Crippen MR) is 57.4 cm³/mol. The fourth-order valence-corrected chi connectivity index (χ4v) is 2.12. The maximum atomic E-state index is 11.6. The van der Waals surface area contributed by atoms with Crippen molar-refractivity contribution in [1.29, 1.82) is 0 Å². The number of rotatable bonds is 8. The van der Waals surface area contributed by atoms with E-state index in [1.165, 1.54) is 21.1 Å². The molecule has 0 radical (unpaired) electrons. The van der Waals surface area contributed by atoms with Crippen LogP contribution in [0, 0.1) is 0 Å². The molecule has 0 saturated heterocycles. The van der Waals surface area contributed by atoms with Crippen molar-refractivity contribution in [1.82, 2.24) is 0 Å². The van der Waals surface area contributed by atoms with Gasteiger partial charge in [0, 0.05) is 27.1 Å². The molecule has 7 heteroatoms. The smallest absolute Gasteiger partial charge is 0.337 e. The summed E-state index contributed by atoms with van der Waals surface area (Å²) in [7, 11) is -1.01. The summed E-state index contributed by atoms with van der Waals surface area (Å²) >= 11 is 0. The van der Waals surface area contributed by atoms with Gasteiger partial charge in [-0.05, 0) is 6.92 Å². The molecule has 94 valence electrons. The first-order valence-corrected chi connectivity index (χ1v) is 6.45. The third-order valence-electron chi connectivity index (χ3n) is 1.91. The van der Waals surface area contributed by atoms with Crippen molar-refractivity contribution < 1.29 is 28.3 Å². The van der Waals surface area contributed by atoms with Gasteiger partial charge in [-0.1, -0.05) is 0 Å². The van der Waals surface area contributed by atoms with Crippen molar-refractivity contribution in [2.75, 3.05) is 20.4 Å². The summed E-state index contributed by atoms with van der Waals surface area (Å²) in [6, 6.07) is 0. The van der Waals surface area contributed by atoms with Crippen LogP contribution in [-0.4, -0.2) is 43.2 Å². The Kier molecular flexibility index (Phi) is 6.67. The second-order valence-electron chi connectivity index (χ2n) is 3.44. The average Bonchev–Trinajstić information content (AvgIpc) is 2.15. The van der Waals surface area contributed by atoms with Crippen LogP contribution in [0.15, 0.2) is 0 Å². The fraction of sp³-hybridized carbons (Fsp3) is 0.778. The first-order chi connectivity index (χ1) is 7.33. The average molecular weight is 252 g/mol. The number of aliphatic hydroxyl groups excluding tert-OH is 1. The summed E-state index contributed by atoms with van der Waals surface area (Å²) in [4.78, 5) is 22.0. The molecule has 6 nitrogen and oxygen atoms in total. The summed E-state index contributed by atoms with van der Waals surface area (Å²) in [6.45, 7) is 1.32. The second kappa shape index (κ2) is 6.91. The lowest BCUT2D eigenvalue weighted by molar-refractivity contribution is -0.121. The zero-order chi connectivity index (χ0) is 12.8. The number of carbonyl (C=O) groups excluding carboxylic acids is 2. The summed E-state index contributed by atoms with van der Waals surface area (Å²) in [5.74, 6) is -0.664. The van der Waals surface area contributed by atoms with Crippen LogP contribution >= 0.6 is 7.60 Å². The lowest BCUT2D eigenvalue weighted by Gasteiger charge is -2.13. The Morgan fingerprint density at radius 3 is 2.12 bits per heavy atom. The summed E-state index contributed by atoms with van der Waals surface area (Å²) in [5.41, 5.74) is 0. The SMILES string of the molecule is COP(=O)(CC(=O)C[C@@H](O)CC(C)=O)OC. The Hall–Kier alpha value is -0.550. The van der Waals surface area contributed by atoms with Crippen molar-refractivity contribution in [2.24, 2.45) is 0 Å². The van der Waals surface area contributed by atoms with Gasteiger partial charge < -0.3 is 14.2 Å². The maximum absolute atomic E-state index is 11.6. The third kappa shape index (κ3) is 6.12. The van der Waals surface area contributed by atoms with Gasteiger partial charge in [-0.2, -0.15) is 0 Å². The molecular formula is C9H17O6P. The van der Waals surface area contributed by atoms with E-state index in [1.807, 2.05) is 0 Å².